The molecule has 1 aromatic rings. The molecule has 0 aromatic carbocycles. The first-order chi connectivity index (χ1) is 9.90. The molecule has 1 atom stereocenters. The number of halogens is 1. The zero-order valence-electron chi connectivity index (χ0n) is 13.6. The van der Waals surface area contributed by atoms with Crippen LogP contribution in [0.2, 0.25) is 0 Å². The number of anilines is 1. The number of hydrogen-bond donors (Lipinski definition) is 2. The van der Waals surface area contributed by atoms with E-state index < -0.39 is 0 Å². The van der Waals surface area contributed by atoms with Gasteiger partial charge in [0.05, 0.1) is 12.2 Å². The summed E-state index contributed by atoms with van der Waals surface area (Å²) in [6.45, 7) is 8.04. The third kappa shape index (κ3) is 4.97. The Kier molecular flexibility index (Phi) is 6.84. The Morgan fingerprint density at radius 3 is 2.82 bits per heavy atom. The maximum atomic E-state index is 12.1. The van der Waals surface area contributed by atoms with Gasteiger partial charge in [0.2, 0.25) is 11.8 Å². The van der Waals surface area contributed by atoms with Crippen LogP contribution in [0.5, 0.6) is 0 Å². The summed E-state index contributed by atoms with van der Waals surface area (Å²) in [7, 11) is 0. The van der Waals surface area contributed by atoms with E-state index in [1.807, 2.05) is 0 Å². The molecule has 0 aliphatic carbocycles. The van der Waals surface area contributed by atoms with E-state index in [2.05, 4.69) is 36.1 Å². The fraction of sp³-hybridized carbons (Fsp3) is 0.733. The monoisotopic (exact) mass is 330 g/mol. The summed E-state index contributed by atoms with van der Waals surface area (Å²) >= 11 is 0. The average molecular weight is 331 g/mol. The van der Waals surface area contributed by atoms with Gasteiger partial charge in [-0.05, 0) is 19.4 Å². The van der Waals surface area contributed by atoms with Gasteiger partial charge in [-0.2, -0.15) is 0 Å². The zero-order valence-corrected chi connectivity index (χ0v) is 14.4. The molecule has 6 nitrogen and oxygen atoms in total. The van der Waals surface area contributed by atoms with E-state index in [4.69, 9.17) is 10.3 Å². The average Bonchev–Trinajstić information content (AvgIpc) is 2.87. The normalized spacial score (nSPS) is 19.5. The fourth-order valence-corrected chi connectivity index (χ4v) is 2.58. The Bertz CT molecular complexity index is 484. The molecule has 22 heavy (non-hydrogen) atoms. The first kappa shape index (κ1) is 18.9. The number of aromatic nitrogens is 1. The van der Waals surface area contributed by atoms with Crippen molar-refractivity contribution >= 4 is 24.2 Å². The van der Waals surface area contributed by atoms with Crippen LogP contribution in [0.4, 0.5) is 5.88 Å². The highest BCUT2D eigenvalue weighted by Gasteiger charge is 2.24. The molecule has 7 heteroatoms. The molecule has 2 rings (SSSR count). The van der Waals surface area contributed by atoms with E-state index in [-0.39, 0.29) is 23.7 Å². The molecular formula is C15H27ClN4O2. The Labute approximate surface area is 138 Å². The van der Waals surface area contributed by atoms with E-state index in [1.165, 1.54) is 6.42 Å². The highest BCUT2D eigenvalue weighted by Crippen LogP contribution is 2.23. The lowest BCUT2D eigenvalue weighted by Crippen LogP contribution is -2.47. The molecule has 1 aliphatic rings. The number of nitrogens with one attached hydrogen (secondary N) is 1. The van der Waals surface area contributed by atoms with Crippen molar-refractivity contribution in [1.29, 1.82) is 0 Å². The Hall–Kier alpha value is -1.11. The fourth-order valence-electron chi connectivity index (χ4n) is 2.58. The summed E-state index contributed by atoms with van der Waals surface area (Å²) in [5.74, 6) is 0.332. The minimum Gasteiger partial charge on any atom is -0.338 e. The van der Waals surface area contributed by atoms with Crippen LogP contribution < -0.4 is 11.1 Å². The van der Waals surface area contributed by atoms with Crippen LogP contribution in [0.3, 0.4) is 0 Å². The third-order valence-electron chi connectivity index (χ3n) is 3.91. The molecule has 1 aromatic heterocycles. The molecule has 2 heterocycles. The molecule has 0 radical (unpaired) electrons. The van der Waals surface area contributed by atoms with E-state index in [0.29, 0.717) is 25.0 Å². The van der Waals surface area contributed by atoms with Crippen LogP contribution in [0.15, 0.2) is 10.6 Å². The Morgan fingerprint density at radius 1 is 1.50 bits per heavy atom. The number of likely N-dealkylation sites (tertiary alicyclic amines) is 1. The number of nitrogens with zero attached hydrogens (tertiary/aromatic N) is 2. The molecule has 1 saturated heterocycles. The van der Waals surface area contributed by atoms with Crippen LogP contribution in [0, 0.1) is 0 Å². The van der Waals surface area contributed by atoms with Gasteiger partial charge in [0, 0.05) is 24.1 Å². The van der Waals surface area contributed by atoms with E-state index >= 15 is 0 Å². The topological polar surface area (TPSA) is 84.4 Å². The number of carbonyl (C=O) groups is 1. The van der Waals surface area contributed by atoms with E-state index in [1.54, 1.807) is 6.07 Å². The molecule has 0 spiro atoms. The van der Waals surface area contributed by atoms with Crippen LogP contribution in [-0.4, -0.2) is 41.6 Å². The highest BCUT2D eigenvalue weighted by molar-refractivity contribution is 5.91. The summed E-state index contributed by atoms with van der Waals surface area (Å²) < 4.78 is 5.18. The van der Waals surface area contributed by atoms with Crippen molar-refractivity contribution in [3.8, 4) is 0 Å². The summed E-state index contributed by atoms with van der Waals surface area (Å²) in [5, 5.41) is 6.77. The lowest BCUT2D eigenvalue weighted by Gasteiger charge is -2.34. The number of hydrogen-bond acceptors (Lipinski definition) is 5. The van der Waals surface area contributed by atoms with Gasteiger partial charge in [-0.25, -0.2) is 0 Å². The maximum Gasteiger partial charge on any atom is 0.240 e. The highest BCUT2D eigenvalue weighted by atomic mass is 35.5. The molecule has 1 aliphatic heterocycles. The van der Waals surface area contributed by atoms with E-state index in [9.17, 15) is 4.79 Å². The molecule has 0 bridgehead atoms. The first-order valence-electron chi connectivity index (χ1n) is 7.61. The van der Waals surface area contributed by atoms with Gasteiger partial charge in [0.25, 0.3) is 0 Å². The van der Waals surface area contributed by atoms with Gasteiger partial charge < -0.3 is 10.3 Å². The summed E-state index contributed by atoms with van der Waals surface area (Å²) in [4.78, 5) is 14.3. The minimum atomic E-state index is -0.0933. The van der Waals surface area contributed by atoms with Crippen LogP contribution in [-0.2, 0) is 10.2 Å². The smallest absolute Gasteiger partial charge is 0.240 e. The van der Waals surface area contributed by atoms with Gasteiger partial charge in [-0.15, -0.1) is 12.4 Å². The van der Waals surface area contributed by atoms with Crippen molar-refractivity contribution in [3.05, 3.63) is 11.8 Å². The number of carbonyl (C=O) groups excluding carboxylic acids is 1. The Balaban J connectivity index is 0.00000242. The number of rotatable bonds is 4. The summed E-state index contributed by atoms with van der Waals surface area (Å²) in [6.07, 6.45) is 3.39. The first-order valence-corrected chi connectivity index (χ1v) is 7.61. The number of amides is 1. The molecule has 1 amide bonds. The van der Waals surface area contributed by atoms with Gasteiger partial charge in [0.15, 0.2) is 0 Å². The predicted octanol–water partition coefficient (Wildman–Crippen LogP) is 2.15. The molecular weight excluding hydrogens is 304 g/mol. The molecule has 3 N–H and O–H groups in total. The minimum absolute atomic E-state index is 0. The van der Waals surface area contributed by atoms with Crippen molar-refractivity contribution in [3.63, 3.8) is 0 Å². The molecule has 0 saturated carbocycles. The second-order valence-electron chi connectivity index (χ2n) is 6.73. The number of piperidine rings is 1. The quantitative estimate of drug-likeness (QED) is 0.883. The second kappa shape index (κ2) is 7.94. The summed E-state index contributed by atoms with van der Waals surface area (Å²) in [6, 6.07) is 2.10. The largest absolute Gasteiger partial charge is 0.338 e. The lowest BCUT2D eigenvalue weighted by atomic mass is 9.92. The Morgan fingerprint density at radius 2 is 2.23 bits per heavy atom. The van der Waals surface area contributed by atoms with Crippen LogP contribution in [0.1, 0.15) is 45.7 Å². The third-order valence-corrected chi connectivity index (χ3v) is 3.91. The van der Waals surface area contributed by atoms with Crippen molar-refractivity contribution in [2.24, 2.45) is 5.73 Å². The summed E-state index contributed by atoms with van der Waals surface area (Å²) in [5.41, 5.74) is 6.51. The zero-order chi connectivity index (χ0) is 15.5. The molecule has 1 unspecified atom stereocenters. The van der Waals surface area contributed by atoms with Crippen LogP contribution >= 0.6 is 12.4 Å². The lowest BCUT2D eigenvalue weighted by molar-refractivity contribution is -0.118. The van der Waals surface area contributed by atoms with Crippen molar-refractivity contribution in [2.75, 3.05) is 25.0 Å². The van der Waals surface area contributed by atoms with Gasteiger partial charge in [0.1, 0.15) is 0 Å². The molecule has 126 valence electrons. The van der Waals surface area contributed by atoms with Gasteiger partial charge in [-0.1, -0.05) is 32.3 Å². The van der Waals surface area contributed by atoms with E-state index in [0.717, 1.165) is 25.1 Å². The number of nitrogens with two attached hydrogens (primary N) is 1. The van der Waals surface area contributed by atoms with Gasteiger partial charge >= 0.3 is 0 Å². The van der Waals surface area contributed by atoms with Crippen LogP contribution in [0.25, 0.3) is 0 Å². The van der Waals surface area contributed by atoms with Gasteiger partial charge in [-0.3, -0.25) is 15.0 Å². The van der Waals surface area contributed by atoms with Crippen molar-refractivity contribution in [2.45, 2.75) is 51.5 Å². The standard InChI is InChI=1S/C15H26N4O2.ClH/c1-15(2,3)12-8-14(21-18-12)17-13(20)10-19-7-5-4-6-11(19)9-16;/h8,11H,4-7,9-10,16H2,1-3H3,(H,17,20);1H. The van der Waals surface area contributed by atoms with Crippen molar-refractivity contribution in [1.82, 2.24) is 10.1 Å². The van der Waals surface area contributed by atoms with Crippen molar-refractivity contribution < 1.29 is 9.32 Å². The maximum absolute atomic E-state index is 12.1. The molecule has 1 fully saturated rings. The predicted molar refractivity (Wildman–Crippen MR) is 89.3 cm³/mol. The SMILES string of the molecule is CC(C)(C)c1cc(NC(=O)CN2CCCCC2CN)on1.Cl. The second-order valence-corrected chi connectivity index (χ2v) is 6.73.